The van der Waals surface area contributed by atoms with Crippen LogP contribution in [0.5, 0.6) is 0 Å². The van der Waals surface area contributed by atoms with Crippen LogP contribution in [-0.2, 0) is 13.6 Å². The minimum Gasteiger partial charge on any atom is -0.357 e. The van der Waals surface area contributed by atoms with Crippen molar-refractivity contribution in [1.82, 2.24) is 15.1 Å². The lowest BCUT2D eigenvalue weighted by Crippen LogP contribution is -2.32. The van der Waals surface area contributed by atoms with Crippen molar-refractivity contribution in [2.45, 2.75) is 66.1 Å². The zero-order chi connectivity index (χ0) is 14.6. The third kappa shape index (κ3) is 3.96. The van der Waals surface area contributed by atoms with E-state index in [1.807, 2.05) is 11.7 Å². The first kappa shape index (κ1) is 16.0. The van der Waals surface area contributed by atoms with Crippen molar-refractivity contribution in [3.63, 3.8) is 0 Å². The Kier molecular flexibility index (Phi) is 5.85. The SMILES string of the molecule is CCCC(C)N(C)c1c(CNC(C)C)c(C)nn1C. The topological polar surface area (TPSA) is 33.1 Å². The normalized spacial score (nSPS) is 13.1. The zero-order valence-electron chi connectivity index (χ0n) is 13.6. The van der Waals surface area contributed by atoms with Gasteiger partial charge in [-0.05, 0) is 20.3 Å². The van der Waals surface area contributed by atoms with Gasteiger partial charge in [0.15, 0.2) is 0 Å². The molecule has 0 amide bonds. The third-order valence-corrected chi connectivity index (χ3v) is 3.70. The van der Waals surface area contributed by atoms with Gasteiger partial charge >= 0.3 is 0 Å². The van der Waals surface area contributed by atoms with Crippen molar-refractivity contribution in [1.29, 1.82) is 0 Å². The van der Waals surface area contributed by atoms with E-state index in [4.69, 9.17) is 0 Å². The maximum Gasteiger partial charge on any atom is 0.131 e. The molecule has 0 fully saturated rings. The second-order valence-corrected chi connectivity index (χ2v) is 5.80. The van der Waals surface area contributed by atoms with Gasteiger partial charge in [-0.2, -0.15) is 5.10 Å². The molecule has 0 radical (unpaired) electrons. The van der Waals surface area contributed by atoms with E-state index in [1.165, 1.54) is 24.2 Å². The van der Waals surface area contributed by atoms with Gasteiger partial charge in [0.05, 0.1) is 5.69 Å². The Bertz CT molecular complexity index is 395. The molecule has 1 atom stereocenters. The summed E-state index contributed by atoms with van der Waals surface area (Å²) in [7, 11) is 4.21. The lowest BCUT2D eigenvalue weighted by molar-refractivity contribution is 0.574. The van der Waals surface area contributed by atoms with E-state index in [-0.39, 0.29) is 0 Å². The summed E-state index contributed by atoms with van der Waals surface area (Å²) in [4.78, 5) is 2.36. The third-order valence-electron chi connectivity index (χ3n) is 3.70. The Morgan fingerprint density at radius 3 is 2.47 bits per heavy atom. The molecule has 1 rings (SSSR count). The molecule has 0 aromatic carbocycles. The van der Waals surface area contributed by atoms with Gasteiger partial charge in [0.2, 0.25) is 0 Å². The summed E-state index contributed by atoms with van der Waals surface area (Å²) in [5, 5.41) is 8.09. The largest absolute Gasteiger partial charge is 0.357 e. The maximum absolute atomic E-state index is 4.59. The lowest BCUT2D eigenvalue weighted by atomic mass is 10.1. The second kappa shape index (κ2) is 6.94. The number of nitrogens with one attached hydrogen (secondary N) is 1. The minimum atomic E-state index is 0.492. The van der Waals surface area contributed by atoms with Crippen molar-refractivity contribution in [2.24, 2.45) is 7.05 Å². The Labute approximate surface area is 118 Å². The molecule has 0 aliphatic rings. The number of aryl methyl sites for hydroxylation is 2. The van der Waals surface area contributed by atoms with Crippen LogP contribution in [0, 0.1) is 6.92 Å². The van der Waals surface area contributed by atoms with Gasteiger partial charge in [-0.25, -0.2) is 0 Å². The van der Waals surface area contributed by atoms with Crippen LogP contribution in [0.2, 0.25) is 0 Å². The molecular weight excluding hydrogens is 236 g/mol. The van der Waals surface area contributed by atoms with E-state index in [2.05, 4.69) is 57.0 Å². The van der Waals surface area contributed by atoms with Gasteiger partial charge < -0.3 is 10.2 Å². The predicted octanol–water partition coefficient (Wildman–Crippen LogP) is 2.85. The van der Waals surface area contributed by atoms with E-state index in [0.717, 1.165) is 12.2 Å². The highest BCUT2D eigenvalue weighted by molar-refractivity contribution is 5.50. The summed E-state index contributed by atoms with van der Waals surface area (Å²) in [5.41, 5.74) is 2.45. The molecule has 4 nitrogen and oxygen atoms in total. The average Bonchev–Trinajstić information content (AvgIpc) is 2.60. The number of rotatable bonds is 7. The van der Waals surface area contributed by atoms with Crippen LogP contribution < -0.4 is 10.2 Å². The van der Waals surface area contributed by atoms with Crippen LogP contribution in [0.15, 0.2) is 0 Å². The number of hydrogen-bond acceptors (Lipinski definition) is 3. The first-order chi connectivity index (χ1) is 8.88. The maximum atomic E-state index is 4.59. The number of nitrogens with zero attached hydrogens (tertiary/aromatic N) is 3. The van der Waals surface area contributed by atoms with Gasteiger partial charge in [-0.15, -0.1) is 0 Å². The molecule has 0 aliphatic carbocycles. The molecule has 4 heteroatoms. The molecule has 1 aromatic rings. The van der Waals surface area contributed by atoms with Gasteiger partial charge in [0.25, 0.3) is 0 Å². The summed E-state index contributed by atoms with van der Waals surface area (Å²) >= 11 is 0. The van der Waals surface area contributed by atoms with Crippen molar-refractivity contribution < 1.29 is 0 Å². The van der Waals surface area contributed by atoms with Crippen LogP contribution in [0.1, 0.15) is 51.8 Å². The van der Waals surface area contributed by atoms with E-state index in [1.54, 1.807) is 0 Å². The fraction of sp³-hybridized carbons (Fsp3) is 0.800. The highest BCUT2D eigenvalue weighted by atomic mass is 15.4. The first-order valence-electron chi connectivity index (χ1n) is 7.37. The Hall–Kier alpha value is -1.03. The Morgan fingerprint density at radius 2 is 1.95 bits per heavy atom. The van der Waals surface area contributed by atoms with Crippen molar-refractivity contribution in [2.75, 3.05) is 11.9 Å². The summed E-state index contributed by atoms with van der Waals surface area (Å²) in [5.74, 6) is 1.24. The molecule has 19 heavy (non-hydrogen) atoms. The molecule has 0 saturated carbocycles. The van der Waals surface area contributed by atoms with Gasteiger partial charge in [-0.3, -0.25) is 4.68 Å². The van der Waals surface area contributed by atoms with Gasteiger partial charge in [-0.1, -0.05) is 27.2 Å². The molecule has 110 valence electrons. The van der Waals surface area contributed by atoms with Crippen molar-refractivity contribution in [3.8, 4) is 0 Å². The monoisotopic (exact) mass is 266 g/mol. The molecule has 0 aliphatic heterocycles. The summed E-state index contributed by atoms with van der Waals surface area (Å²) in [6.45, 7) is 11.9. The lowest BCUT2D eigenvalue weighted by Gasteiger charge is -2.28. The summed E-state index contributed by atoms with van der Waals surface area (Å²) in [6, 6.07) is 1.03. The summed E-state index contributed by atoms with van der Waals surface area (Å²) in [6.07, 6.45) is 2.42. The summed E-state index contributed by atoms with van der Waals surface area (Å²) < 4.78 is 2.01. The van der Waals surface area contributed by atoms with Crippen LogP contribution >= 0.6 is 0 Å². The molecule has 0 saturated heterocycles. The first-order valence-corrected chi connectivity index (χ1v) is 7.37. The van der Waals surface area contributed by atoms with E-state index < -0.39 is 0 Å². The van der Waals surface area contributed by atoms with Crippen LogP contribution in [0.25, 0.3) is 0 Å². The fourth-order valence-corrected chi connectivity index (χ4v) is 2.46. The predicted molar refractivity (Wildman–Crippen MR) is 82.7 cm³/mol. The number of aromatic nitrogens is 2. The highest BCUT2D eigenvalue weighted by Crippen LogP contribution is 2.25. The number of hydrogen-bond donors (Lipinski definition) is 1. The van der Waals surface area contributed by atoms with Gasteiger partial charge in [0.1, 0.15) is 5.82 Å². The Balaban J connectivity index is 2.97. The molecule has 0 spiro atoms. The fourth-order valence-electron chi connectivity index (χ4n) is 2.46. The molecule has 1 aromatic heterocycles. The Morgan fingerprint density at radius 1 is 1.32 bits per heavy atom. The minimum absolute atomic E-state index is 0.492. The van der Waals surface area contributed by atoms with Crippen molar-refractivity contribution in [3.05, 3.63) is 11.3 Å². The van der Waals surface area contributed by atoms with E-state index in [9.17, 15) is 0 Å². The van der Waals surface area contributed by atoms with E-state index >= 15 is 0 Å². The molecule has 1 N–H and O–H groups in total. The quantitative estimate of drug-likeness (QED) is 0.824. The van der Waals surface area contributed by atoms with Gasteiger partial charge in [0, 0.05) is 38.3 Å². The van der Waals surface area contributed by atoms with Crippen LogP contribution in [-0.4, -0.2) is 28.9 Å². The molecular formula is C15H30N4. The smallest absolute Gasteiger partial charge is 0.131 e. The van der Waals surface area contributed by atoms with Crippen LogP contribution in [0.4, 0.5) is 5.82 Å². The standard InChI is InChI=1S/C15H30N4/c1-8-9-12(4)18(6)15-14(10-16-11(2)3)13(5)17-19(15)7/h11-12,16H,8-10H2,1-7H3. The van der Waals surface area contributed by atoms with Crippen molar-refractivity contribution >= 4 is 5.82 Å². The molecule has 0 bridgehead atoms. The molecule has 1 unspecified atom stereocenters. The second-order valence-electron chi connectivity index (χ2n) is 5.80. The number of anilines is 1. The molecule has 1 heterocycles. The highest BCUT2D eigenvalue weighted by Gasteiger charge is 2.20. The zero-order valence-corrected chi connectivity index (χ0v) is 13.6. The average molecular weight is 266 g/mol. The van der Waals surface area contributed by atoms with E-state index in [0.29, 0.717) is 12.1 Å². The van der Waals surface area contributed by atoms with Crippen LogP contribution in [0.3, 0.4) is 0 Å².